The van der Waals surface area contributed by atoms with Crippen LogP contribution in [0, 0.1) is 3.70 Å². The number of hydrogen-bond acceptors (Lipinski definition) is 6. The minimum absolute atomic E-state index is 0.140. The highest BCUT2D eigenvalue weighted by atomic mass is 127. The minimum Gasteiger partial charge on any atom is -0.472 e. The third-order valence-corrected chi connectivity index (χ3v) is 3.66. The number of aromatic amines is 1. The van der Waals surface area contributed by atoms with E-state index in [2.05, 4.69) is 43.1 Å². The van der Waals surface area contributed by atoms with Crippen molar-refractivity contribution in [1.82, 2.24) is 35.0 Å². The molecule has 0 amide bonds. The molecule has 1 N–H and O–H groups in total. The van der Waals surface area contributed by atoms with Crippen molar-refractivity contribution >= 4 is 22.6 Å². The number of hydrogen-bond donors (Lipinski definition) is 1. The number of nitrogens with one attached hydrogen (secondary N) is 1. The lowest BCUT2D eigenvalue weighted by Gasteiger charge is -2.09. The summed E-state index contributed by atoms with van der Waals surface area (Å²) in [5.41, 5.74) is 0.867. The van der Waals surface area contributed by atoms with Gasteiger partial charge in [-0.3, -0.25) is 5.09 Å². The maximum atomic E-state index is 12.0. The van der Waals surface area contributed by atoms with Crippen LogP contribution < -0.4 is 10.4 Å². The average Bonchev–Trinajstić information content (AvgIpc) is 3.05. The molecule has 0 radical (unpaired) electrons. The summed E-state index contributed by atoms with van der Waals surface area (Å²) in [5.74, 6) is 0.312. The van der Waals surface area contributed by atoms with Gasteiger partial charge in [-0.15, -0.1) is 5.10 Å². The summed E-state index contributed by atoms with van der Waals surface area (Å²) in [6.07, 6.45) is 3.04. The average molecular weight is 401 g/mol. The molecule has 0 aromatic carbocycles. The third kappa shape index (κ3) is 2.66. The van der Waals surface area contributed by atoms with E-state index in [-0.39, 0.29) is 12.3 Å². The first kappa shape index (κ1) is 12.5. The van der Waals surface area contributed by atoms with Gasteiger partial charge in [-0.05, 0) is 39.1 Å². The van der Waals surface area contributed by atoms with Crippen LogP contribution >= 0.6 is 22.6 Å². The van der Waals surface area contributed by atoms with Gasteiger partial charge in [0, 0.05) is 31.1 Å². The van der Waals surface area contributed by atoms with Gasteiger partial charge in [0.1, 0.15) is 10.3 Å². The number of rotatable bonds is 4. The fraction of sp³-hybridized carbons (Fsp3) is 0.182. The number of nitrogens with zero attached hydrogens (tertiary/aromatic N) is 6. The number of pyridine rings is 1. The van der Waals surface area contributed by atoms with Crippen molar-refractivity contribution < 1.29 is 6.15 Å². The first-order valence-corrected chi connectivity index (χ1v) is 6.94. The number of ether oxygens (including phenoxy) is 1. The van der Waals surface area contributed by atoms with E-state index >= 15 is 0 Å². The number of aromatic nitrogens is 7. The van der Waals surface area contributed by atoms with E-state index in [0.29, 0.717) is 20.8 Å². The molecule has 0 aliphatic rings. The topological polar surface area (TPSA) is 104 Å². The quantitative estimate of drug-likeness (QED) is 0.497. The SMILES string of the molecule is [3H]n1ccc(OCc2c(-n3nnn(C)c3=O)ccnc2I)n1. The third-order valence-electron chi connectivity index (χ3n) is 2.73. The Bertz CT molecular complexity index is 871. The maximum Gasteiger partial charge on any atom is 0.368 e. The van der Waals surface area contributed by atoms with Gasteiger partial charge in [-0.25, -0.2) is 9.78 Å². The van der Waals surface area contributed by atoms with Crippen LogP contribution in [-0.2, 0) is 13.7 Å². The highest BCUT2D eigenvalue weighted by Crippen LogP contribution is 2.19. The van der Waals surface area contributed by atoms with Crippen LogP contribution in [0.15, 0.2) is 29.3 Å². The molecule has 10 heteroatoms. The van der Waals surface area contributed by atoms with Crippen molar-refractivity contribution in [2.45, 2.75) is 6.61 Å². The van der Waals surface area contributed by atoms with Crippen LogP contribution in [0.3, 0.4) is 0 Å². The lowest BCUT2D eigenvalue weighted by molar-refractivity contribution is 0.291. The molecule has 108 valence electrons. The Hall–Kier alpha value is -2.24. The molecule has 3 rings (SSSR count). The molecule has 3 heterocycles. The molecule has 21 heavy (non-hydrogen) atoms. The summed E-state index contributed by atoms with van der Waals surface area (Å²) in [4.78, 5) is 16.2. The Morgan fingerprint density at radius 3 is 3.00 bits per heavy atom. The van der Waals surface area contributed by atoms with Gasteiger partial charge in [-0.2, -0.15) is 9.36 Å². The molecule has 0 fully saturated rings. The van der Waals surface area contributed by atoms with E-state index in [1.807, 2.05) is 0 Å². The van der Waals surface area contributed by atoms with Crippen LogP contribution in [0.2, 0.25) is 1.41 Å². The highest BCUT2D eigenvalue weighted by molar-refractivity contribution is 14.1. The molecule has 3 aromatic rings. The smallest absolute Gasteiger partial charge is 0.368 e. The Morgan fingerprint density at radius 1 is 1.48 bits per heavy atom. The molecular weight excluding hydrogens is 389 g/mol. The van der Waals surface area contributed by atoms with E-state index in [0.717, 1.165) is 9.77 Å². The molecule has 0 saturated heterocycles. The zero-order valence-corrected chi connectivity index (χ0v) is 13.0. The van der Waals surface area contributed by atoms with Gasteiger partial charge < -0.3 is 4.74 Å². The Balaban J connectivity index is 1.96. The maximum absolute atomic E-state index is 12.0. The number of H-pyrrole nitrogens is 1. The fourth-order valence-corrected chi connectivity index (χ4v) is 2.29. The first-order chi connectivity index (χ1) is 10.6. The lowest BCUT2D eigenvalue weighted by atomic mass is 10.2. The second-order valence-electron chi connectivity index (χ2n) is 4.05. The van der Waals surface area contributed by atoms with E-state index < -0.39 is 0 Å². The molecule has 0 atom stereocenters. The highest BCUT2D eigenvalue weighted by Gasteiger charge is 2.15. The van der Waals surface area contributed by atoms with Crippen LogP contribution in [-0.4, -0.2) is 35.0 Å². The Labute approximate surface area is 133 Å². The molecule has 0 aliphatic carbocycles. The summed E-state index contributed by atoms with van der Waals surface area (Å²) in [6.45, 7) is 0.140. The van der Waals surface area contributed by atoms with Gasteiger partial charge in [-0.1, -0.05) is 0 Å². The summed E-state index contributed by atoms with van der Waals surface area (Å²) in [7, 11) is 1.52. The van der Waals surface area contributed by atoms with Crippen molar-refractivity contribution in [2.75, 3.05) is 0 Å². The first-order valence-electron chi connectivity index (χ1n) is 6.31. The van der Waals surface area contributed by atoms with Gasteiger partial charge in [0.2, 0.25) is 5.88 Å². The Morgan fingerprint density at radius 2 is 2.33 bits per heavy atom. The van der Waals surface area contributed by atoms with E-state index in [1.54, 1.807) is 18.3 Å². The monoisotopic (exact) mass is 401 g/mol. The second-order valence-corrected chi connectivity index (χ2v) is 5.08. The fourth-order valence-electron chi connectivity index (χ4n) is 1.70. The predicted octanol–water partition coefficient (Wildman–Crippen LogP) is 0.268. The molecule has 0 spiro atoms. The normalized spacial score (nSPS) is 11.4. The predicted molar refractivity (Wildman–Crippen MR) is 80.0 cm³/mol. The zero-order valence-electron chi connectivity index (χ0n) is 11.8. The summed E-state index contributed by atoms with van der Waals surface area (Å²) < 4.78 is 15.8. The van der Waals surface area contributed by atoms with Crippen molar-refractivity contribution in [1.29, 1.82) is 0 Å². The summed E-state index contributed by atoms with van der Waals surface area (Å²) >= 11 is 2.06. The van der Waals surface area contributed by atoms with Crippen LogP contribution in [0.5, 0.6) is 5.88 Å². The molecule has 0 unspecified atom stereocenters. The van der Waals surface area contributed by atoms with Crippen molar-refractivity contribution in [3.05, 3.63) is 44.3 Å². The van der Waals surface area contributed by atoms with Crippen LogP contribution in [0.1, 0.15) is 5.56 Å². The zero-order chi connectivity index (χ0) is 15.7. The summed E-state index contributed by atoms with van der Waals surface area (Å²) in [6, 6.07) is 3.24. The van der Waals surface area contributed by atoms with Gasteiger partial charge in [0.05, 0.1) is 5.69 Å². The summed E-state index contributed by atoms with van der Waals surface area (Å²) in [5, 5.41) is 12.2. The molecule has 0 saturated carbocycles. The van der Waals surface area contributed by atoms with Gasteiger partial charge in [0.15, 0.2) is 1.41 Å². The van der Waals surface area contributed by atoms with Crippen molar-refractivity contribution in [2.24, 2.45) is 7.05 Å². The van der Waals surface area contributed by atoms with Crippen LogP contribution in [0.4, 0.5) is 0 Å². The largest absolute Gasteiger partial charge is 0.472 e. The van der Waals surface area contributed by atoms with E-state index in [9.17, 15) is 4.79 Å². The molecule has 0 bridgehead atoms. The number of halogens is 1. The van der Waals surface area contributed by atoms with Gasteiger partial charge in [0.25, 0.3) is 0 Å². The molecular formula is C11H10IN7O2. The second kappa shape index (κ2) is 5.63. The molecule has 9 nitrogen and oxygen atoms in total. The number of tetrazole rings is 1. The minimum atomic E-state index is -0.362. The Kier molecular flexibility index (Phi) is 3.35. The standard InChI is InChI=1S/C11H10IN7O2/c1-18-11(20)19(17-16-18)8-2-4-13-10(12)7(8)6-21-9-3-5-14-15-9/h2-5H,6H2,1H3,(H,14,15)/i/hT. The van der Waals surface area contributed by atoms with Crippen molar-refractivity contribution in [3.63, 3.8) is 0 Å². The van der Waals surface area contributed by atoms with Gasteiger partial charge >= 0.3 is 5.69 Å². The van der Waals surface area contributed by atoms with Crippen molar-refractivity contribution in [3.8, 4) is 11.6 Å². The molecule has 3 aromatic heterocycles. The number of aryl methyl sites for hydroxylation is 1. The molecule has 0 aliphatic heterocycles. The van der Waals surface area contributed by atoms with E-state index in [4.69, 9.17) is 6.15 Å². The van der Waals surface area contributed by atoms with E-state index in [1.165, 1.54) is 17.9 Å². The van der Waals surface area contributed by atoms with Crippen LogP contribution in [0.25, 0.3) is 5.69 Å². The lowest BCUT2D eigenvalue weighted by Crippen LogP contribution is -2.23.